The molecule has 0 unspecified atom stereocenters. The van der Waals surface area contributed by atoms with E-state index in [1.165, 1.54) is 12.8 Å². The highest BCUT2D eigenvalue weighted by Gasteiger charge is 2.29. The third-order valence-electron chi connectivity index (χ3n) is 5.47. The Hall–Kier alpha value is -2.64. The van der Waals surface area contributed by atoms with Crippen molar-refractivity contribution in [2.24, 2.45) is 10.1 Å². The van der Waals surface area contributed by atoms with E-state index in [9.17, 15) is 5.11 Å². The van der Waals surface area contributed by atoms with Crippen LogP contribution in [0.4, 0.5) is 5.69 Å². The fourth-order valence-electron chi connectivity index (χ4n) is 4.03. The Kier molecular flexibility index (Phi) is 4.85. The van der Waals surface area contributed by atoms with Gasteiger partial charge in [0.25, 0.3) is 0 Å². The zero-order chi connectivity index (χ0) is 19.8. The highest BCUT2D eigenvalue weighted by Crippen LogP contribution is 2.37. The molecule has 6 nitrogen and oxygen atoms in total. The van der Waals surface area contributed by atoms with Gasteiger partial charge in [0.15, 0.2) is 5.88 Å². The molecule has 29 heavy (non-hydrogen) atoms. The van der Waals surface area contributed by atoms with Crippen LogP contribution in [0.2, 0.25) is 0 Å². The summed E-state index contributed by atoms with van der Waals surface area (Å²) in [5.74, 6) is 0.0724. The number of aliphatic imine (C=N–C) groups is 1. The summed E-state index contributed by atoms with van der Waals surface area (Å²) in [6, 6.07) is 13.7. The van der Waals surface area contributed by atoms with Crippen molar-refractivity contribution in [1.29, 1.82) is 0 Å². The fourth-order valence-corrected chi connectivity index (χ4v) is 4.50. The molecule has 1 aromatic heterocycles. The van der Waals surface area contributed by atoms with Gasteiger partial charge < -0.3 is 14.9 Å². The number of nitrogens with zero attached hydrogens (tertiary/aromatic N) is 3. The van der Waals surface area contributed by atoms with Crippen molar-refractivity contribution in [1.82, 2.24) is 9.88 Å². The lowest BCUT2D eigenvalue weighted by Crippen LogP contribution is -2.23. The smallest absolute Gasteiger partial charge is 0.199 e. The quantitative estimate of drug-likeness (QED) is 0.439. The summed E-state index contributed by atoms with van der Waals surface area (Å²) in [5.41, 5.74) is 4.47. The first-order chi connectivity index (χ1) is 14.2. The van der Waals surface area contributed by atoms with Gasteiger partial charge in [0, 0.05) is 22.0 Å². The molecule has 0 radical (unpaired) electrons. The van der Waals surface area contributed by atoms with Gasteiger partial charge in [-0.1, -0.05) is 35.5 Å². The number of halogens is 1. The van der Waals surface area contributed by atoms with Crippen LogP contribution in [0.15, 0.2) is 57.1 Å². The van der Waals surface area contributed by atoms with Gasteiger partial charge in [-0.05, 0) is 54.0 Å². The summed E-state index contributed by atoms with van der Waals surface area (Å²) in [7, 11) is 0. The second kappa shape index (κ2) is 7.65. The molecule has 0 aliphatic carbocycles. The lowest BCUT2D eigenvalue weighted by Gasteiger charge is -2.13. The van der Waals surface area contributed by atoms with Crippen LogP contribution in [0.5, 0.6) is 5.88 Å². The summed E-state index contributed by atoms with van der Waals surface area (Å²) in [4.78, 5) is 15.9. The molecule has 2 N–H and O–H groups in total. The first-order valence-electron chi connectivity index (χ1n) is 9.82. The van der Waals surface area contributed by atoms with Crippen molar-refractivity contribution < 1.29 is 9.94 Å². The lowest BCUT2D eigenvalue weighted by atomic mass is 10.0. The third kappa shape index (κ3) is 3.34. The first-order valence-corrected chi connectivity index (χ1v) is 10.6. The predicted octanol–water partition coefficient (Wildman–Crippen LogP) is 4.59. The van der Waals surface area contributed by atoms with Crippen LogP contribution in [-0.2, 0) is 4.84 Å². The average molecular weight is 453 g/mol. The Morgan fingerprint density at radius 3 is 2.83 bits per heavy atom. The third-order valence-corrected chi connectivity index (χ3v) is 6.13. The highest BCUT2D eigenvalue weighted by molar-refractivity contribution is 9.10. The number of aromatic amines is 1. The van der Waals surface area contributed by atoms with Crippen LogP contribution >= 0.6 is 15.9 Å². The number of fused-ring (bicyclic) bond motifs is 2. The van der Waals surface area contributed by atoms with Crippen LogP contribution in [0, 0.1) is 0 Å². The summed E-state index contributed by atoms with van der Waals surface area (Å²) < 4.78 is 0.882. The van der Waals surface area contributed by atoms with Crippen LogP contribution in [-0.4, -0.2) is 52.7 Å². The van der Waals surface area contributed by atoms with Gasteiger partial charge in [0.1, 0.15) is 18.0 Å². The van der Waals surface area contributed by atoms with Crippen molar-refractivity contribution >= 4 is 43.9 Å². The molecule has 0 atom stereocenters. The fraction of sp³-hybridized carbons (Fsp3) is 0.273. The maximum absolute atomic E-state index is 10.7. The van der Waals surface area contributed by atoms with Gasteiger partial charge in [0.05, 0.1) is 16.8 Å². The molecule has 1 saturated heterocycles. The van der Waals surface area contributed by atoms with Crippen molar-refractivity contribution in [3.63, 3.8) is 0 Å². The SMILES string of the molecule is Oc1[nH]c2c(Br)cccc2c1C1=Nc2ccccc2/C1=N/OCCN1CCCC1. The maximum atomic E-state index is 10.7. The Balaban J connectivity index is 1.50. The summed E-state index contributed by atoms with van der Waals surface area (Å²) in [6.45, 7) is 3.67. The standard InChI is InChI=1S/C22H21BrN4O2/c23-16-8-5-7-15-18(22(28)25-19(15)16)21-20(14-6-1-2-9-17(14)24-21)26-29-13-12-27-10-3-4-11-27/h1-2,5-9,25,28H,3-4,10-13H2/b26-20-. The number of nitrogens with one attached hydrogen (secondary N) is 1. The van der Waals surface area contributed by atoms with E-state index in [1.54, 1.807) is 0 Å². The minimum Gasteiger partial charge on any atom is -0.494 e. The van der Waals surface area contributed by atoms with E-state index in [-0.39, 0.29) is 5.88 Å². The largest absolute Gasteiger partial charge is 0.494 e. The number of likely N-dealkylation sites (tertiary alicyclic amines) is 1. The molecule has 5 rings (SSSR count). The van der Waals surface area contributed by atoms with Gasteiger partial charge in [-0.3, -0.25) is 4.90 Å². The van der Waals surface area contributed by atoms with E-state index in [1.807, 2.05) is 42.5 Å². The van der Waals surface area contributed by atoms with Crippen LogP contribution in [0.25, 0.3) is 10.9 Å². The molecule has 0 spiro atoms. The normalized spacial score (nSPS) is 17.8. The molecule has 0 bridgehead atoms. The van der Waals surface area contributed by atoms with E-state index in [4.69, 9.17) is 9.83 Å². The highest BCUT2D eigenvalue weighted by atomic mass is 79.9. The molecule has 1 fully saturated rings. The summed E-state index contributed by atoms with van der Waals surface area (Å²) in [5, 5.41) is 16.0. The number of para-hydroxylation sites is 2. The number of aromatic nitrogens is 1. The van der Waals surface area contributed by atoms with Crippen molar-refractivity contribution in [2.45, 2.75) is 12.8 Å². The van der Waals surface area contributed by atoms with Gasteiger partial charge in [0.2, 0.25) is 0 Å². The first kappa shape index (κ1) is 18.4. The van der Waals surface area contributed by atoms with E-state index in [0.29, 0.717) is 23.6 Å². The molecule has 7 heteroatoms. The number of H-pyrrole nitrogens is 1. The lowest BCUT2D eigenvalue weighted by molar-refractivity contribution is 0.119. The van der Waals surface area contributed by atoms with Crippen LogP contribution in [0.1, 0.15) is 24.0 Å². The molecule has 148 valence electrons. The second-order valence-electron chi connectivity index (χ2n) is 7.31. The minimum absolute atomic E-state index is 0.0724. The van der Waals surface area contributed by atoms with Gasteiger partial charge >= 0.3 is 0 Å². The summed E-state index contributed by atoms with van der Waals surface area (Å²) >= 11 is 3.54. The van der Waals surface area contributed by atoms with Gasteiger partial charge in [-0.25, -0.2) is 4.99 Å². The number of benzene rings is 2. The Morgan fingerprint density at radius 2 is 1.97 bits per heavy atom. The second-order valence-corrected chi connectivity index (χ2v) is 8.16. The number of aromatic hydroxyl groups is 1. The van der Waals surface area contributed by atoms with Crippen molar-refractivity contribution in [3.05, 3.63) is 58.1 Å². The van der Waals surface area contributed by atoms with E-state index in [2.05, 4.69) is 31.0 Å². The Labute approximate surface area is 177 Å². The molecule has 3 heterocycles. The van der Waals surface area contributed by atoms with E-state index in [0.717, 1.165) is 46.3 Å². The van der Waals surface area contributed by atoms with Crippen LogP contribution < -0.4 is 0 Å². The number of rotatable bonds is 5. The molecular formula is C22H21BrN4O2. The number of hydrogen-bond acceptors (Lipinski definition) is 5. The maximum Gasteiger partial charge on any atom is 0.199 e. The Bertz CT molecular complexity index is 1130. The number of oxime groups is 1. The summed E-state index contributed by atoms with van der Waals surface area (Å²) in [6.07, 6.45) is 2.52. The zero-order valence-corrected chi connectivity index (χ0v) is 17.4. The molecule has 2 aromatic carbocycles. The molecule has 0 amide bonds. The molecule has 2 aliphatic rings. The molecule has 0 saturated carbocycles. The molecule has 2 aliphatic heterocycles. The predicted molar refractivity (Wildman–Crippen MR) is 118 cm³/mol. The van der Waals surface area contributed by atoms with Crippen LogP contribution in [0.3, 0.4) is 0 Å². The average Bonchev–Trinajstić information content (AvgIpc) is 3.43. The topological polar surface area (TPSA) is 73.2 Å². The van der Waals surface area contributed by atoms with Crippen molar-refractivity contribution in [3.8, 4) is 5.88 Å². The Morgan fingerprint density at radius 1 is 1.14 bits per heavy atom. The number of hydrogen-bond donors (Lipinski definition) is 2. The van der Waals surface area contributed by atoms with E-state index >= 15 is 0 Å². The minimum atomic E-state index is 0.0724. The monoisotopic (exact) mass is 452 g/mol. The zero-order valence-electron chi connectivity index (χ0n) is 15.9. The molecule has 3 aromatic rings. The molecular weight excluding hydrogens is 432 g/mol. The van der Waals surface area contributed by atoms with Gasteiger partial charge in [-0.2, -0.15) is 0 Å². The van der Waals surface area contributed by atoms with E-state index < -0.39 is 0 Å². The van der Waals surface area contributed by atoms with Gasteiger partial charge in [-0.15, -0.1) is 0 Å². The van der Waals surface area contributed by atoms with Crippen molar-refractivity contribution in [2.75, 3.05) is 26.2 Å².